The molecule has 1 aromatic rings. The molecule has 104 valence electrons. The van der Waals surface area contributed by atoms with Crippen molar-refractivity contribution in [2.45, 2.75) is 18.6 Å². The van der Waals surface area contributed by atoms with Gasteiger partial charge in [-0.3, -0.25) is 10.1 Å². The summed E-state index contributed by atoms with van der Waals surface area (Å²) in [6, 6.07) is 3.45. The molecular formula is C11H12BrNO6. The van der Waals surface area contributed by atoms with Crippen molar-refractivity contribution in [2.75, 3.05) is 5.33 Å². The van der Waals surface area contributed by atoms with Crippen LogP contribution in [0.1, 0.15) is 28.4 Å². The molecule has 0 fully saturated rings. The average Bonchev–Trinajstić information content (AvgIpc) is 2.36. The lowest BCUT2D eigenvalue weighted by Crippen LogP contribution is -2.22. The number of hydrogen-bond donors (Lipinski definition) is 3. The molecule has 0 saturated heterocycles. The summed E-state index contributed by atoms with van der Waals surface area (Å²) in [5, 5.41) is 39.9. The standard InChI is InChI=1S/C11H12BrNO6/c12-5-4-8(14)10(15)9-6(11(16)17)2-1-3-7(9)13(18)19/h1-3,8,10,14-15H,4-5H2,(H,16,17). The van der Waals surface area contributed by atoms with E-state index >= 15 is 0 Å². The Morgan fingerprint density at radius 1 is 1.42 bits per heavy atom. The van der Waals surface area contributed by atoms with Crippen LogP contribution in [0.15, 0.2) is 18.2 Å². The van der Waals surface area contributed by atoms with Crippen molar-refractivity contribution in [2.24, 2.45) is 0 Å². The molecule has 0 heterocycles. The number of alkyl halides is 1. The molecule has 0 spiro atoms. The molecule has 0 aliphatic heterocycles. The Morgan fingerprint density at radius 2 is 2.05 bits per heavy atom. The third-order valence-electron chi connectivity index (χ3n) is 2.58. The third kappa shape index (κ3) is 3.49. The Kier molecular flexibility index (Phi) is 5.40. The highest BCUT2D eigenvalue weighted by Crippen LogP contribution is 2.31. The highest BCUT2D eigenvalue weighted by molar-refractivity contribution is 9.09. The van der Waals surface area contributed by atoms with Gasteiger partial charge in [-0.15, -0.1) is 0 Å². The van der Waals surface area contributed by atoms with Crippen LogP contribution in [0, 0.1) is 10.1 Å². The van der Waals surface area contributed by atoms with Crippen molar-refractivity contribution < 1.29 is 25.0 Å². The van der Waals surface area contributed by atoms with Gasteiger partial charge in [0.1, 0.15) is 6.10 Å². The lowest BCUT2D eigenvalue weighted by atomic mass is 9.95. The largest absolute Gasteiger partial charge is 0.478 e. The molecule has 0 aliphatic carbocycles. The maximum atomic E-state index is 11.1. The van der Waals surface area contributed by atoms with Crippen LogP contribution in [0.5, 0.6) is 0 Å². The molecule has 7 nitrogen and oxygen atoms in total. The van der Waals surface area contributed by atoms with Gasteiger partial charge in [-0.05, 0) is 12.5 Å². The van der Waals surface area contributed by atoms with Gasteiger partial charge >= 0.3 is 5.97 Å². The number of halogens is 1. The summed E-state index contributed by atoms with van der Waals surface area (Å²) in [7, 11) is 0. The second-order valence-electron chi connectivity index (χ2n) is 3.79. The average molecular weight is 334 g/mol. The van der Waals surface area contributed by atoms with Crippen LogP contribution < -0.4 is 0 Å². The van der Waals surface area contributed by atoms with E-state index in [9.17, 15) is 25.1 Å². The Labute approximate surface area is 116 Å². The minimum Gasteiger partial charge on any atom is -0.478 e. The van der Waals surface area contributed by atoms with E-state index in [4.69, 9.17) is 5.11 Å². The number of carboxylic acids is 1. The monoisotopic (exact) mass is 333 g/mol. The summed E-state index contributed by atoms with van der Waals surface area (Å²) in [6.45, 7) is 0. The van der Waals surface area contributed by atoms with E-state index in [1.54, 1.807) is 0 Å². The maximum Gasteiger partial charge on any atom is 0.336 e. The zero-order valence-corrected chi connectivity index (χ0v) is 11.3. The lowest BCUT2D eigenvalue weighted by Gasteiger charge is -2.18. The highest BCUT2D eigenvalue weighted by atomic mass is 79.9. The van der Waals surface area contributed by atoms with Gasteiger partial charge in [0.25, 0.3) is 5.69 Å². The molecule has 0 aromatic heterocycles. The van der Waals surface area contributed by atoms with E-state index in [1.165, 1.54) is 6.07 Å². The van der Waals surface area contributed by atoms with Gasteiger partial charge in [0.2, 0.25) is 0 Å². The molecule has 0 bridgehead atoms. The fourth-order valence-corrected chi connectivity index (χ4v) is 2.14. The number of nitrogens with zero attached hydrogens (tertiary/aromatic N) is 1. The SMILES string of the molecule is O=C(O)c1cccc([N+](=O)[O-])c1C(O)C(O)CCBr. The third-order valence-corrected chi connectivity index (χ3v) is 3.03. The van der Waals surface area contributed by atoms with E-state index in [0.29, 0.717) is 5.33 Å². The number of aromatic carboxylic acids is 1. The number of hydrogen-bond acceptors (Lipinski definition) is 5. The van der Waals surface area contributed by atoms with E-state index in [2.05, 4.69) is 15.9 Å². The Morgan fingerprint density at radius 3 is 2.53 bits per heavy atom. The van der Waals surface area contributed by atoms with Crippen LogP contribution in [0.25, 0.3) is 0 Å². The van der Waals surface area contributed by atoms with E-state index in [-0.39, 0.29) is 12.0 Å². The highest BCUT2D eigenvalue weighted by Gasteiger charge is 2.30. The van der Waals surface area contributed by atoms with Gasteiger partial charge in [-0.25, -0.2) is 4.79 Å². The van der Waals surface area contributed by atoms with Gasteiger partial charge in [0, 0.05) is 11.4 Å². The molecule has 8 heteroatoms. The number of benzene rings is 1. The van der Waals surface area contributed by atoms with E-state index < -0.39 is 34.4 Å². The topological polar surface area (TPSA) is 121 Å². The molecular weight excluding hydrogens is 322 g/mol. The van der Waals surface area contributed by atoms with Crippen molar-refractivity contribution in [3.05, 3.63) is 39.4 Å². The normalized spacial score (nSPS) is 13.8. The van der Waals surface area contributed by atoms with E-state index in [0.717, 1.165) is 12.1 Å². The van der Waals surface area contributed by atoms with Crippen molar-refractivity contribution in [1.82, 2.24) is 0 Å². The first-order chi connectivity index (χ1) is 8.90. The van der Waals surface area contributed by atoms with Gasteiger partial charge < -0.3 is 15.3 Å². The number of aliphatic hydroxyl groups excluding tert-OH is 2. The Balaban J connectivity index is 3.36. The molecule has 0 saturated carbocycles. The number of aliphatic hydroxyl groups is 2. The fraction of sp³-hybridized carbons (Fsp3) is 0.364. The van der Waals surface area contributed by atoms with Crippen LogP contribution in [0.3, 0.4) is 0 Å². The first kappa shape index (κ1) is 15.5. The van der Waals surface area contributed by atoms with Gasteiger partial charge in [-0.1, -0.05) is 22.0 Å². The number of nitro benzene ring substituents is 1. The number of rotatable bonds is 6. The molecule has 1 rings (SSSR count). The van der Waals surface area contributed by atoms with Crippen molar-refractivity contribution in [3.63, 3.8) is 0 Å². The Hall–Kier alpha value is -1.51. The van der Waals surface area contributed by atoms with Crippen LogP contribution in [0.4, 0.5) is 5.69 Å². The fourth-order valence-electron chi connectivity index (χ4n) is 1.67. The molecule has 19 heavy (non-hydrogen) atoms. The maximum absolute atomic E-state index is 11.1. The minimum atomic E-state index is -1.63. The number of nitro groups is 1. The molecule has 2 unspecified atom stereocenters. The molecule has 0 radical (unpaired) electrons. The molecule has 0 aliphatic rings. The predicted octanol–water partition coefficient (Wildman–Crippen LogP) is 1.47. The molecule has 2 atom stereocenters. The Bertz CT molecular complexity index is 460. The van der Waals surface area contributed by atoms with Crippen LogP contribution in [0.2, 0.25) is 0 Å². The zero-order chi connectivity index (χ0) is 14.6. The summed E-state index contributed by atoms with van der Waals surface area (Å²) in [6.07, 6.45) is -2.80. The van der Waals surface area contributed by atoms with E-state index in [1.807, 2.05) is 0 Å². The molecule has 0 amide bonds. The second-order valence-corrected chi connectivity index (χ2v) is 4.58. The first-order valence-corrected chi connectivity index (χ1v) is 6.45. The van der Waals surface area contributed by atoms with Gasteiger partial charge in [-0.2, -0.15) is 0 Å². The zero-order valence-electron chi connectivity index (χ0n) is 9.69. The first-order valence-electron chi connectivity index (χ1n) is 5.32. The smallest absolute Gasteiger partial charge is 0.336 e. The van der Waals surface area contributed by atoms with Gasteiger partial charge in [0.05, 0.1) is 22.2 Å². The quantitative estimate of drug-likeness (QED) is 0.411. The van der Waals surface area contributed by atoms with Crippen LogP contribution in [-0.2, 0) is 0 Å². The second kappa shape index (κ2) is 6.60. The number of carbonyl (C=O) groups is 1. The number of carboxylic acid groups (broad SMARTS) is 1. The molecule has 1 aromatic carbocycles. The van der Waals surface area contributed by atoms with Crippen LogP contribution >= 0.6 is 15.9 Å². The predicted molar refractivity (Wildman–Crippen MR) is 69.4 cm³/mol. The minimum absolute atomic E-state index is 0.131. The van der Waals surface area contributed by atoms with Gasteiger partial charge in [0.15, 0.2) is 0 Å². The van der Waals surface area contributed by atoms with Crippen molar-refractivity contribution in [1.29, 1.82) is 0 Å². The summed E-state index contributed by atoms with van der Waals surface area (Å²) < 4.78 is 0. The summed E-state index contributed by atoms with van der Waals surface area (Å²) >= 11 is 3.06. The van der Waals surface area contributed by atoms with Crippen molar-refractivity contribution >= 4 is 27.6 Å². The van der Waals surface area contributed by atoms with Crippen molar-refractivity contribution in [3.8, 4) is 0 Å². The summed E-state index contributed by atoms with van der Waals surface area (Å²) in [5.41, 5.74) is -1.30. The van der Waals surface area contributed by atoms with Crippen LogP contribution in [-0.4, -0.2) is 37.6 Å². The summed E-state index contributed by atoms with van der Waals surface area (Å²) in [5.74, 6) is -1.40. The summed E-state index contributed by atoms with van der Waals surface area (Å²) in [4.78, 5) is 21.2. The molecule has 3 N–H and O–H groups in total. The lowest BCUT2D eigenvalue weighted by molar-refractivity contribution is -0.386.